The standard InChI is InChI=1S/C12H21ClN4O2S.ClH/c1-12(2)5-4-6-14-10(12)8-16-20(18,19)11-9(13)7-15-17(11)3;/h7,10,14,16H,4-6,8H2,1-3H3;1H. The number of aryl methyl sites for hydroxylation is 1. The van der Waals surface area contributed by atoms with E-state index in [-0.39, 0.29) is 33.9 Å². The van der Waals surface area contributed by atoms with E-state index in [4.69, 9.17) is 11.6 Å². The topological polar surface area (TPSA) is 76.0 Å². The molecule has 21 heavy (non-hydrogen) atoms. The van der Waals surface area contributed by atoms with Gasteiger partial charge in [-0.3, -0.25) is 4.68 Å². The fraction of sp³-hybridized carbons (Fsp3) is 0.750. The van der Waals surface area contributed by atoms with Gasteiger partial charge in [-0.25, -0.2) is 13.1 Å². The molecule has 1 aromatic heterocycles. The lowest BCUT2D eigenvalue weighted by Gasteiger charge is -2.39. The van der Waals surface area contributed by atoms with Crippen LogP contribution in [0.5, 0.6) is 0 Å². The van der Waals surface area contributed by atoms with Gasteiger partial charge in [-0.1, -0.05) is 25.4 Å². The highest BCUT2D eigenvalue weighted by atomic mass is 35.5. The Hall–Kier alpha value is -0.340. The molecule has 122 valence electrons. The molecular weight excluding hydrogens is 335 g/mol. The number of rotatable bonds is 4. The van der Waals surface area contributed by atoms with E-state index in [1.54, 1.807) is 7.05 Å². The van der Waals surface area contributed by atoms with Gasteiger partial charge in [0.25, 0.3) is 10.0 Å². The van der Waals surface area contributed by atoms with E-state index in [2.05, 4.69) is 29.0 Å². The van der Waals surface area contributed by atoms with Crippen LogP contribution in [0.1, 0.15) is 26.7 Å². The van der Waals surface area contributed by atoms with Gasteiger partial charge in [0.15, 0.2) is 5.03 Å². The monoisotopic (exact) mass is 356 g/mol. The molecule has 1 aromatic rings. The minimum absolute atomic E-state index is 0. The first-order valence-electron chi connectivity index (χ1n) is 6.64. The highest BCUT2D eigenvalue weighted by molar-refractivity contribution is 7.89. The predicted octanol–water partition coefficient (Wildman–Crippen LogP) is 1.55. The Kier molecular flexibility index (Phi) is 6.08. The smallest absolute Gasteiger partial charge is 0.259 e. The molecule has 0 aliphatic carbocycles. The summed E-state index contributed by atoms with van der Waals surface area (Å²) in [6, 6.07) is 0.109. The maximum atomic E-state index is 12.3. The van der Waals surface area contributed by atoms with E-state index in [9.17, 15) is 8.42 Å². The van der Waals surface area contributed by atoms with Crippen LogP contribution in [0, 0.1) is 5.41 Å². The minimum atomic E-state index is -3.65. The minimum Gasteiger partial charge on any atom is -0.312 e. The van der Waals surface area contributed by atoms with E-state index in [1.807, 2.05) is 0 Å². The highest BCUT2D eigenvalue weighted by Gasteiger charge is 2.33. The van der Waals surface area contributed by atoms with Crippen molar-refractivity contribution in [2.75, 3.05) is 13.1 Å². The number of halogens is 2. The van der Waals surface area contributed by atoms with Crippen molar-refractivity contribution >= 4 is 34.0 Å². The summed E-state index contributed by atoms with van der Waals surface area (Å²) in [6.07, 6.45) is 3.53. The largest absolute Gasteiger partial charge is 0.312 e. The Labute approximate surface area is 137 Å². The van der Waals surface area contributed by atoms with Crippen molar-refractivity contribution in [3.63, 3.8) is 0 Å². The van der Waals surface area contributed by atoms with Gasteiger partial charge in [-0.15, -0.1) is 12.4 Å². The maximum Gasteiger partial charge on any atom is 0.259 e. The molecule has 6 nitrogen and oxygen atoms in total. The molecule has 2 rings (SSSR count). The Bertz CT molecular complexity index is 567. The van der Waals surface area contributed by atoms with E-state index < -0.39 is 10.0 Å². The van der Waals surface area contributed by atoms with E-state index in [1.165, 1.54) is 10.9 Å². The SMILES string of the molecule is Cl.Cn1ncc(Cl)c1S(=O)(=O)NCC1NCCCC1(C)C. The molecule has 0 spiro atoms. The summed E-state index contributed by atoms with van der Waals surface area (Å²) in [5.41, 5.74) is 0.0665. The summed E-state index contributed by atoms with van der Waals surface area (Å²) >= 11 is 5.89. The molecule has 1 fully saturated rings. The van der Waals surface area contributed by atoms with Crippen LogP contribution in [0.15, 0.2) is 11.2 Å². The molecule has 0 radical (unpaired) electrons. The first-order valence-corrected chi connectivity index (χ1v) is 8.51. The van der Waals surface area contributed by atoms with Gasteiger partial charge in [0, 0.05) is 19.6 Å². The van der Waals surface area contributed by atoms with Crippen LogP contribution in [0.25, 0.3) is 0 Å². The van der Waals surface area contributed by atoms with Crippen molar-refractivity contribution in [3.05, 3.63) is 11.2 Å². The van der Waals surface area contributed by atoms with Crippen LogP contribution in [-0.2, 0) is 17.1 Å². The molecule has 0 aromatic carbocycles. The van der Waals surface area contributed by atoms with Gasteiger partial charge in [0.1, 0.15) is 0 Å². The summed E-state index contributed by atoms with van der Waals surface area (Å²) in [6.45, 7) is 5.56. The number of hydrogen-bond donors (Lipinski definition) is 2. The van der Waals surface area contributed by atoms with Gasteiger partial charge in [0.2, 0.25) is 0 Å². The average molecular weight is 357 g/mol. The molecule has 2 N–H and O–H groups in total. The Morgan fingerprint density at radius 3 is 2.76 bits per heavy atom. The first-order chi connectivity index (χ1) is 9.24. The molecule has 1 aliphatic heterocycles. The van der Waals surface area contributed by atoms with E-state index in [0.29, 0.717) is 6.54 Å². The second-order valence-electron chi connectivity index (χ2n) is 5.87. The normalized spacial score (nSPS) is 21.8. The molecule has 0 saturated carbocycles. The maximum absolute atomic E-state index is 12.3. The Balaban J connectivity index is 0.00000220. The molecule has 2 heterocycles. The number of sulfonamides is 1. The second-order valence-corrected chi connectivity index (χ2v) is 7.96. The number of nitrogens with zero attached hydrogens (tertiary/aromatic N) is 2. The van der Waals surface area contributed by atoms with Gasteiger partial charge in [-0.2, -0.15) is 5.10 Å². The average Bonchev–Trinajstić information content (AvgIpc) is 2.67. The van der Waals surface area contributed by atoms with Crippen molar-refractivity contribution in [1.82, 2.24) is 19.8 Å². The Morgan fingerprint density at radius 2 is 2.24 bits per heavy atom. The summed E-state index contributed by atoms with van der Waals surface area (Å²) in [5.74, 6) is 0. The number of aromatic nitrogens is 2. The van der Waals surface area contributed by atoms with Crippen LogP contribution in [0.3, 0.4) is 0 Å². The molecule has 1 atom stereocenters. The highest BCUT2D eigenvalue weighted by Crippen LogP contribution is 2.30. The van der Waals surface area contributed by atoms with E-state index >= 15 is 0 Å². The van der Waals surface area contributed by atoms with Crippen LogP contribution >= 0.6 is 24.0 Å². The molecule has 9 heteroatoms. The lowest BCUT2D eigenvalue weighted by molar-refractivity contribution is 0.181. The summed E-state index contributed by atoms with van der Waals surface area (Å²) in [5, 5.41) is 7.37. The fourth-order valence-corrected chi connectivity index (χ4v) is 4.28. The van der Waals surface area contributed by atoms with Gasteiger partial charge in [-0.05, 0) is 24.8 Å². The van der Waals surface area contributed by atoms with Crippen molar-refractivity contribution in [3.8, 4) is 0 Å². The van der Waals surface area contributed by atoms with E-state index in [0.717, 1.165) is 19.4 Å². The zero-order valence-electron chi connectivity index (χ0n) is 12.4. The molecule has 0 amide bonds. The lowest BCUT2D eigenvalue weighted by atomic mass is 9.78. The van der Waals surface area contributed by atoms with Crippen LogP contribution in [0.2, 0.25) is 5.02 Å². The molecular formula is C12H22Cl2N4O2S. The summed E-state index contributed by atoms with van der Waals surface area (Å²) < 4.78 is 28.5. The zero-order chi connectivity index (χ0) is 15.0. The molecule has 0 bridgehead atoms. The first kappa shape index (κ1) is 18.7. The third-order valence-electron chi connectivity index (χ3n) is 3.91. The van der Waals surface area contributed by atoms with Gasteiger partial charge >= 0.3 is 0 Å². The lowest BCUT2D eigenvalue weighted by Crippen LogP contribution is -2.52. The van der Waals surface area contributed by atoms with Crippen molar-refractivity contribution < 1.29 is 8.42 Å². The third-order valence-corrected chi connectivity index (χ3v) is 5.84. The fourth-order valence-electron chi connectivity index (χ4n) is 2.58. The van der Waals surface area contributed by atoms with Crippen molar-refractivity contribution in [1.29, 1.82) is 0 Å². The van der Waals surface area contributed by atoms with Crippen LogP contribution in [-0.4, -0.2) is 37.3 Å². The zero-order valence-corrected chi connectivity index (χ0v) is 14.8. The Morgan fingerprint density at radius 1 is 1.57 bits per heavy atom. The summed E-state index contributed by atoms with van der Waals surface area (Å²) in [4.78, 5) is 0. The van der Waals surface area contributed by atoms with Gasteiger partial charge < -0.3 is 5.32 Å². The number of nitrogens with one attached hydrogen (secondary N) is 2. The quantitative estimate of drug-likeness (QED) is 0.857. The van der Waals surface area contributed by atoms with Crippen LogP contribution < -0.4 is 10.0 Å². The predicted molar refractivity (Wildman–Crippen MR) is 85.5 cm³/mol. The number of piperidine rings is 1. The number of hydrogen-bond acceptors (Lipinski definition) is 4. The molecule has 1 saturated heterocycles. The molecule has 1 unspecified atom stereocenters. The summed E-state index contributed by atoms with van der Waals surface area (Å²) in [7, 11) is -2.09. The third kappa shape index (κ3) is 4.10. The molecule has 1 aliphatic rings. The second kappa shape index (κ2) is 6.83. The van der Waals surface area contributed by atoms with Gasteiger partial charge in [0.05, 0.1) is 11.2 Å². The van der Waals surface area contributed by atoms with Crippen molar-refractivity contribution in [2.24, 2.45) is 12.5 Å². The van der Waals surface area contributed by atoms with Crippen LogP contribution in [0.4, 0.5) is 0 Å². The van der Waals surface area contributed by atoms with Crippen molar-refractivity contribution in [2.45, 2.75) is 37.8 Å².